The Labute approximate surface area is 128 Å². The number of rotatable bonds is 4. The maximum absolute atomic E-state index is 12.7. The lowest BCUT2D eigenvalue weighted by atomic mass is 10.1. The van der Waals surface area contributed by atoms with Crippen LogP contribution in [-0.4, -0.2) is 46.9 Å². The van der Waals surface area contributed by atoms with E-state index in [0.717, 1.165) is 5.69 Å². The van der Waals surface area contributed by atoms with Crippen molar-refractivity contribution in [1.29, 1.82) is 0 Å². The number of hydrogen-bond acceptors (Lipinski definition) is 5. The second-order valence-corrected chi connectivity index (χ2v) is 5.10. The predicted octanol–water partition coefficient (Wildman–Crippen LogP) is 1.63. The lowest BCUT2D eigenvalue weighted by Crippen LogP contribution is -2.43. The zero-order valence-electron chi connectivity index (χ0n) is 12.7. The van der Waals surface area contributed by atoms with Gasteiger partial charge < -0.3 is 23.5 Å². The summed E-state index contributed by atoms with van der Waals surface area (Å²) in [5, 5.41) is 3.75. The van der Waals surface area contributed by atoms with E-state index in [9.17, 15) is 4.79 Å². The van der Waals surface area contributed by atoms with Crippen molar-refractivity contribution in [3.63, 3.8) is 0 Å². The third kappa shape index (κ3) is 2.71. The normalized spacial score (nSPS) is 18.5. The Balaban J connectivity index is 1.83. The average molecular weight is 305 g/mol. The number of ether oxygens (including phenoxy) is 2. The first kappa shape index (κ1) is 14.6. The number of aryl methyl sites for hydroxylation is 1. The third-order valence-corrected chi connectivity index (χ3v) is 3.71. The number of amides is 1. The lowest BCUT2D eigenvalue weighted by Gasteiger charge is -2.35. The molecule has 0 bridgehead atoms. The van der Waals surface area contributed by atoms with Gasteiger partial charge >= 0.3 is 0 Å². The predicted molar refractivity (Wildman–Crippen MR) is 77.7 cm³/mol. The minimum atomic E-state index is -0.201. The van der Waals surface area contributed by atoms with Gasteiger partial charge in [0.2, 0.25) is 5.76 Å². The molecule has 0 radical (unpaired) electrons. The van der Waals surface area contributed by atoms with Gasteiger partial charge in [0.25, 0.3) is 11.8 Å². The molecule has 2 aromatic heterocycles. The Hall–Kier alpha value is -2.28. The van der Waals surface area contributed by atoms with Gasteiger partial charge in [-0.1, -0.05) is 0 Å². The first-order chi connectivity index (χ1) is 10.7. The Morgan fingerprint density at radius 3 is 3.14 bits per heavy atom. The SMILES string of the molecule is CCOc1cc(C(=O)N2CCOCC2c2cccn2C)on1. The zero-order valence-corrected chi connectivity index (χ0v) is 12.7. The topological polar surface area (TPSA) is 69.7 Å². The molecule has 3 rings (SSSR count). The van der Waals surface area contributed by atoms with Crippen LogP contribution in [0.1, 0.15) is 29.2 Å². The number of carbonyl (C=O) groups excluding carboxylic acids is 1. The molecule has 1 fully saturated rings. The van der Waals surface area contributed by atoms with E-state index in [4.69, 9.17) is 14.0 Å². The molecule has 22 heavy (non-hydrogen) atoms. The van der Waals surface area contributed by atoms with E-state index in [1.165, 1.54) is 6.07 Å². The van der Waals surface area contributed by atoms with Gasteiger partial charge in [0.05, 0.1) is 31.9 Å². The molecular formula is C15H19N3O4. The summed E-state index contributed by atoms with van der Waals surface area (Å²) in [5.74, 6) is 0.312. The minimum Gasteiger partial charge on any atom is -0.476 e. The van der Waals surface area contributed by atoms with E-state index in [0.29, 0.717) is 32.2 Å². The summed E-state index contributed by atoms with van der Waals surface area (Å²) in [6, 6.07) is 5.34. The standard InChI is InChI=1S/C15H19N3O4/c1-3-21-14-9-13(22-16-14)15(19)18-7-8-20-10-12(18)11-5-4-6-17(11)2/h4-6,9,12H,3,7-8,10H2,1-2H3. The molecule has 0 aromatic carbocycles. The van der Waals surface area contributed by atoms with Gasteiger partial charge in [-0.05, 0) is 24.2 Å². The van der Waals surface area contributed by atoms with Crippen LogP contribution in [-0.2, 0) is 11.8 Å². The number of hydrogen-bond donors (Lipinski definition) is 0. The molecule has 7 heteroatoms. The van der Waals surface area contributed by atoms with Crippen molar-refractivity contribution in [2.24, 2.45) is 7.05 Å². The molecule has 1 saturated heterocycles. The van der Waals surface area contributed by atoms with Gasteiger partial charge in [0.15, 0.2) is 0 Å². The smallest absolute Gasteiger partial charge is 0.293 e. The Morgan fingerprint density at radius 1 is 1.55 bits per heavy atom. The molecule has 0 N–H and O–H groups in total. The van der Waals surface area contributed by atoms with Crippen molar-refractivity contribution in [3.8, 4) is 5.88 Å². The lowest BCUT2D eigenvalue weighted by molar-refractivity contribution is -0.00655. The van der Waals surface area contributed by atoms with Gasteiger partial charge in [-0.15, -0.1) is 0 Å². The highest BCUT2D eigenvalue weighted by molar-refractivity contribution is 5.92. The van der Waals surface area contributed by atoms with Crippen molar-refractivity contribution in [3.05, 3.63) is 35.9 Å². The molecule has 0 spiro atoms. The molecule has 118 valence electrons. The van der Waals surface area contributed by atoms with Crippen molar-refractivity contribution in [1.82, 2.24) is 14.6 Å². The van der Waals surface area contributed by atoms with E-state index in [-0.39, 0.29) is 17.7 Å². The van der Waals surface area contributed by atoms with Crippen LogP contribution in [0.3, 0.4) is 0 Å². The van der Waals surface area contributed by atoms with Gasteiger partial charge in [0.1, 0.15) is 0 Å². The Morgan fingerprint density at radius 2 is 2.41 bits per heavy atom. The van der Waals surface area contributed by atoms with Crippen molar-refractivity contribution in [2.75, 3.05) is 26.4 Å². The number of aromatic nitrogens is 2. The molecule has 1 amide bonds. The van der Waals surface area contributed by atoms with Crippen LogP contribution < -0.4 is 4.74 Å². The largest absolute Gasteiger partial charge is 0.476 e. The summed E-state index contributed by atoms with van der Waals surface area (Å²) in [6.45, 7) is 3.82. The van der Waals surface area contributed by atoms with Crippen LogP contribution in [0.15, 0.2) is 28.9 Å². The second kappa shape index (κ2) is 6.23. The van der Waals surface area contributed by atoms with Crippen molar-refractivity contribution >= 4 is 5.91 Å². The summed E-state index contributed by atoms with van der Waals surface area (Å²) in [6.07, 6.45) is 1.95. The maximum Gasteiger partial charge on any atom is 0.293 e. The fraction of sp³-hybridized carbons (Fsp3) is 0.467. The van der Waals surface area contributed by atoms with E-state index in [1.54, 1.807) is 4.90 Å². The summed E-state index contributed by atoms with van der Waals surface area (Å²) >= 11 is 0. The van der Waals surface area contributed by atoms with Crippen LogP contribution in [0.5, 0.6) is 5.88 Å². The Bertz CT molecular complexity index is 649. The summed E-state index contributed by atoms with van der Waals surface area (Å²) in [4.78, 5) is 14.5. The molecule has 0 saturated carbocycles. The number of morpholine rings is 1. The molecule has 1 unspecified atom stereocenters. The molecular weight excluding hydrogens is 286 g/mol. The first-order valence-electron chi connectivity index (χ1n) is 7.30. The fourth-order valence-electron chi connectivity index (χ4n) is 2.63. The summed E-state index contributed by atoms with van der Waals surface area (Å²) < 4.78 is 17.9. The third-order valence-electron chi connectivity index (χ3n) is 3.71. The Kier molecular flexibility index (Phi) is 4.15. The monoisotopic (exact) mass is 305 g/mol. The molecule has 3 heterocycles. The van der Waals surface area contributed by atoms with E-state index in [2.05, 4.69) is 5.16 Å². The van der Waals surface area contributed by atoms with E-state index < -0.39 is 0 Å². The second-order valence-electron chi connectivity index (χ2n) is 5.10. The molecule has 1 atom stereocenters. The fourth-order valence-corrected chi connectivity index (χ4v) is 2.63. The highest BCUT2D eigenvalue weighted by Gasteiger charge is 2.32. The summed E-state index contributed by atoms with van der Waals surface area (Å²) in [7, 11) is 1.95. The van der Waals surface area contributed by atoms with Gasteiger partial charge in [-0.3, -0.25) is 4.79 Å². The number of carbonyl (C=O) groups is 1. The van der Waals surface area contributed by atoms with E-state index in [1.807, 2.05) is 36.9 Å². The van der Waals surface area contributed by atoms with Crippen LogP contribution in [0, 0.1) is 0 Å². The average Bonchev–Trinajstić information content (AvgIpc) is 3.16. The number of nitrogens with zero attached hydrogens (tertiary/aromatic N) is 3. The van der Waals surface area contributed by atoms with Gasteiger partial charge in [0, 0.05) is 25.5 Å². The van der Waals surface area contributed by atoms with Crippen LogP contribution in [0.4, 0.5) is 0 Å². The zero-order chi connectivity index (χ0) is 15.5. The highest BCUT2D eigenvalue weighted by atomic mass is 16.5. The molecule has 7 nitrogen and oxygen atoms in total. The van der Waals surface area contributed by atoms with Gasteiger partial charge in [-0.2, -0.15) is 0 Å². The molecule has 1 aliphatic heterocycles. The molecule has 1 aliphatic rings. The minimum absolute atomic E-state index is 0.137. The molecule has 0 aliphatic carbocycles. The van der Waals surface area contributed by atoms with Crippen molar-refractivity contribution in [2.45, 2.75) is 13.0 Å². The first-order valence-corrected chi connectivity index (χ1v) is 7.30. The van der Waals surface area contributed by atoms with Gasteiger partial charge in [-0.25, -0.2) is 0 Å². The van der Waals surface area contributed by atoms with Crippen LogP contribution >= 0.6 is 0 Å². The molecule has 2 aromatic rings. The van der Waals surface area contributed by atoms with Crippen LogP contribution in [0.25, 0.3) is 0 Å². The van der Waals surface area contributed by atoms with Crippen LogP contribution in [0.2, 0.25) is 0 Å². The highest BCUT2D eigenvalue weighted by Crippen LogP contribution is 2.26. The summed E-state index contributed by atoms with van der Waals surface area (Å²) in [5.41, 5.74) is 1.03. The quantitative estimate of drug-likeness (QED) is 0.858. The van der Waals surface area contributed by atoms with Crippen molar-refractivity contribution < 1.29 is 18.8 Å². The maximum atomic E-state index is 12.7. The van der Waals surface area contributed by atoms with E-state index >= 15 is 0 Å².